The molecule has 0 bridgehead atoms. The van der Waals surface area contributed by atoms with Crippen LogP contribution in [0.4, 0.5) is 5.82 Å². The van der Waals surface area contributed by atoms with E-state index >= 15 is 0 Å². The minimum absolute atomic E-state index is 0.0131. The summed E-state index contributed by atoms with van der Waals surface area (Å²) in [5.74, 6) is 0.608. The number of aromatic nitrogens is 4. The van der Waals surface area contributed by atoms with Crippen molar-refractivity contribution in [1.82, 2.24) is 25.3 Å². The minimum Gasteiger partial charge on any atom is -0.504 e. The van der Waals surface area contributed by atoms with Crippen molar-refractivity contribution < 1.29 is 14.7 Å². The summed E-state index contributed by atoms with van der Waals surface area (Å²) < 4.78 is 1.56. The molecule has 10 nitrogen and oxygen atoms in total. The standard InChI is InChI=1S/C27H26ClN7O3/c1-13-22(10-30-25(24(13)36)34-11-17-7-21(17)27(34)38)14(2)35-12-23(32-33-35)26(37)31-19-5-16(6-19)20-8-18(28)4-3-15(20)9-29/h3-4,8,10,12,14,16-17,19,21,36H,5-7,11H2,1-2H3,(H,31,37)/t14-,16-,17-,19+,21-/m1/s1. The van der Waals surface area contributed by atoms with E-state index in [9.17, 15) is 20.0 Å². The van der Waals surface area contributed by atoms with E-state index in [2.05, 4.69) is 26.7 Å². The zero-order chi connectivity index (χ0) is 26.7. The van der Waals surface area contributed by atoms with Gasteiger partial charge in [0.05, 0.1) is 23.9 Å². The lowest BCUT2D eigenvalue weighted by Crippen LogP contribution is -2.43. The first-order chi connectivity index (χ1) is 18.2. The Morgan fingerprint density at radius 3 is 2.82 bits per heavy atom. The molecule has 1 saturated heterocycles. The fourth-order valence-electron chi connectivity index (χ4n) is 5.61. The van der Waals surface area contributed by atoms with Gasteiger partial charge >= 0.3 is 0 Å². The molecular formula is C27H26ClN7O3. The third kappa shape index (κ3) is 4.07. The van der Waals surface area contributed by atoms with E-state index in [0.29, 0.717) is 47.3 Å². The quantitative estimate of drug-likeness (QED) is 0.496. The number of aromatic hydroxyl groups is 1. The molecule has 3 aromatic rings. The van der Waals surface area contributed by atoms with Gasteiger partial charge in [0, 0.05) is 40.9 Å². The number of carbonyl (C=O) groups is 2. The summed E-state index contributed by atoms with van der Waals surface area (Å²) in [6.45, 7) is 4.26. The van der Waals surface area contributed by atoms with Crippen molar-refractivity contribution in [1.29, 1.82) is 5.26 Å². The van der Waals surface area contributed by atoms with Gasteiger partial charge in [-0.2, -0.15) is 5.26 Å². The molecule has 38 heavy (non-hydrogen) atoms. The summed E-state index contributed by atoms with van der Waals surface area (Å²) >= 11 is 6.11. The Hall–Kier alpha value is -3.97. The van der Waals surface area contributed by atoms with Gasteiger partial charge in [0.1, 0.15) is 0 Å². The summed E-state index contributed by atoms with van der Waals surface area (Å²) in [6, 6.07) is 7.08. The molecule has 1 aromatic carbocycles. The number of halogens is 1. The Balaban J connectivity index is 1.11. The number of hydrogen-bond donors (Lipinski definition) is 2. The molecule has 0 unspecified atom stereocenters. The smallest absolute Gasteiger partial charge is 0.273 e. The summed E-state index contributed by atoms with van der Waals surface area (Å²) in [6.07, 6.45) is 5.57. The highest BCUT2D eigenvalue weighted by Crippen LogP contribution is 2.49. The molecule has 2 aromatic heterocycles. The van der Waals surface area contributed by atoms with Crippen LogP contribution < -0.4 is 10.2 Å². The van der Waals surface area contributed by atoms with Gasteiger partial charge in [-0.15, -0.1) is 5.10 Å². The zero-order valence-corrected chi connectivity index (χ0v) is 21.7. The number of nitriles is 1. The lowest BCUT2D eigenvalue weighted by Gasteiger charge is -2.36. The SMILES string of the molecule is Cc1c([C@@H](C)n2cc(C(=O)N[C@H]3C[C@@H](c4cc(Cl)ccc4C#N)C3)nn2)cnc(N2C[C@H]3C[C@H]3C2=O)c1O. The van der Waals surface area contributed by atoms with Gasteiger partial charge in [-0.25, -0.2) is 9.67 Å². The number of rotatable bonds is 6. The lowest BCUT2D eigenvalue weighted by atomic mass is 9.74. The van der Waals surface area contributed by atoms with Crippen LogP contribution in [0, 0.1) is 30.1 Å². The van der Waals surface area contributed by atoms with E-state index in [1.807, 2.05) is 13.0 Å². The number of benzene rings is 1. The molecule has 2 aliphatic carbocycles. The Morgan fingerprint density at radius 1 is 1.32 bits per heavy atom. The van der Waals surface area contributed by atoms with Crippen LogP contribution in [0.25, 0.3) is 0 Å². The Kier molecular flexibility index (Phi) is 5.83. The van der Waals surface area contributed by atoms with Crippen molar-refractivity contribution in [2.75, 3.05) is 11.4 Å². The summed E-state index contributed by atoms with van der Waals surface area (Å²) in [5, 5.41) is 32.0. The van der Waals surface area contributed by atoms with Gasteiger partial charge in [-0.05, 0) is 68.7 Å². The third-order valence-corrected chi connectivity index (χ3v) is 8.38. The Labute approximate surface area is 224 Å². The van der Waals surface area contributed by atoms with Crippen molar-refractivity contribution in [3.63, 3.8) is 0 Å². The number of fused-ring (bicyclic) bond motifs is 1. The second kappa shape index (κ2) is 9.10. The second-order valence-corrected chi connectivity index (χ2v) is 10.9. The number of amides is 2. The Morgan fingerprint density at radius 2 is 2.11 bits per heavy atom. The normalized spacial score (nSPS) is 24.4. The van der Waals surface area contributed by atoms with Gasteiger partial charge in [-0.3, -0.25) is 14.5 Å². The number of nitrogens with one attached hydrogen (secondary N) is 1. The van der Waals surface area contributed by atoms with E-state index in [4.69, 9.17) is 11.6 Å². The van der Waals surface area contributed by atoms with Crippen molar-refractivity contribution in [2.24, 2.45) is 11.8 Å². The van der Waals surface area contributed by atoms with Crippen molar-refractivity contribution in [3.05, 3.63) is 63.6 Å². The number of hydrogen-bond acceptors (Lipinski definition) is 7. The molecule has 3 heterocycles. The van der Waals surface area contributed by atoms with E-state index < -0.39 is 0 Å². The molecule has 2 N–H and O–H groups in total. The molecule has 2 amide bonds. The van der Waals surface area contributed by atoms with Crippen LogP contribution in [0.1, 0.15) is 70.9 Å². The number of carbonyl (C=O) groups excluding carboxylic acids is 2. The predicted molar refractivity (Wildman–Crippen MR) is 138 cm³/mol. The molecule has 0 spiro atoms. The molecule has 11 heteroatoms. The molecule has 0 radical (unpaired) electrons. The van der Waals surface area contributed by atoms with Gasteiger partial charge in [-0.1, -0.05) is 16.8 Å². The maximum absolute atomic E-state index is 12.8. The van der Waals surface area contributed by atoms with E-state index in [1.54, 1.807) is 41.0 Å². The van der Waals surface area contributed by atoms with Crippen molar-refractivity contribution in [3.8, 4) is 11.8 Å². The van der Waals surface area contributed by atoms with Crippen molar-refractivity contribution in [2.45, 2.75) is 51.1 Å². The van der Waals surface area contributed by atoms with E-state index in [-0.39, 0.29) is 47.2 Å². The average molecular weight is 532 g/mol. The number of pyridine rings is 1. The molecule has 3 fully saturated rings. The van der Waals surface area contributed by atoms with Gasteiger partial charge in [0.2, 0.25) is 5.91 Å². The molecule has 194 valence electrons. The van der Waals surface area contributed by atoms with Crippen LogP contribution in [0.5, 0.6) is 5.75 Å². The van der Waals surface area contributed by atoms with Crippen molar-refractivity contribution >= 4 is 29.2 Å². The predicted octanol–water partition coefficient (Wildman–Crippen LogP) is 3.48. The fraction of sp³-hybridized carbons (Fsp3) is 0.407. The van der Waals surface area contributed by atoms with Crippen LogP contribution >= 0.6 is 11.6 Å². The lowest BCUT2D eigenvalue weighted by molar-refractivity contribution is -0.118. The average Bonchev–Trinajstić information content (AvgIpc) is 3.33. The highest BCUT2D eigenvalue weighted by Gasteiger charge is 2.53. The van der Waals surface area contributed by atoms with Crippen LogP contribution in [0.15, 0.2) is 30.6 Å². The first-order valence-electron chi connectivity index (χ1n) is 12.7. The minimum atomic E-state index is -0.348. The molecule has 6 rings (SSSR count). The van der Waals surface area contributed by atoms with Gasteiger partial charge in [0.25, 0.3) is 5.91 Å². The number of anilines is 1. The van der Waals surface area contributed by atoms with Crippen LogP contribution in [-0.2, 0) is 4.79 Å². The van der Waals surface area contributed by atoms with E-state index in [1.165, 1.54) is 0 Å². The summed E-state index contributed by atoms with van der Waals surface area (Å²) in [5.41, 5.74) is 3.03. The highest BCUT2D eigenvalue weighted by molar-refractivity contribution is 6.30. The van der Waals surface area contributed by atoms with Crippen LogP contribution in [-0.4, -0.2) is 49.5 Å². The monoisotopic (exact) mass is 531 g/mol. The molecule has 3 aliphatic rings. The Bertz CT molecular complexity index is 1510. The fourth-order valence-corrected chi connectivity index (χ4v) is 5.79. The first kappa shape index (κ1) is 24.4. The summed E-state index contributed by atoms with van der Waals surface area (Å²) in [7, 11) is 0. The van der Waals surface area contributed by atoms with Crippen LogP contribution in [0.2, 0.25) is 5.02 Å². The first-order valence-corrected chi connectivity index (χ1v) is 13.0. The summed E-state index contributed by atoms with van der Waals surface area (Å²) in [4.78, 5) is 31.3. The number of piperidine rings is 1. The van der Waals surface area contributed by atoms with E-state index in [0.717, 1.165) is 17.5 Å². The van der Waals surface area contributed by atoms with Gasteiger partial charge < -0.3 is 10.4 Å². The third-order valence-electron chi connectivity index (χ3n) is 8.14. The molecule has 1 aliphatic heterocycles. The zero-order valence-electron chi connectivity index (χ0n) is 20.9. The van der Waals surface area contributed by atoms with Crippen LogP contribution in [0.3, 0.4) is 0 Å². The largest absolute Gasteiger partial charge is 0.504 e. The molecular weight excluding hydrogens is 506 g/mol. The maximum atomic E-state index is 12.8. The number of nitrogens with zero attached hydrogens (tertiary/aromatic N) is 6. The maximum Gasteiger partial charge on any atom is 0.273 e. The molecule has 3 atom stereocenters. The topological polar surface area (TPSA) is 137 Å². The molecule has 2 saturated carbocycles. The highest BCUT2D eigenvalue weighted by atomic mass is 35.5. The van der Waals surface area contributed by atoms with Gasteiger partial charge in [0.15, 0.2) is 17.3 Å². The second-order valence-electron chi connectivity index (χ2n) is 10.5.